The second kappa shape index (κ2) is 55.2. The standard InChI is InChI=1S/C65H126O17P2/c1-9-57(7)43-35-27-18-13-11-12-14-19-31-39-47-64(69)81-60(51-75-62(67)45-37-29-23-21-26-34-42-56(5)6)53-79-83(71,72)77-49-59(66)50-78-84(73,74)80-54-61(52-76-63(68)46-38-30-24-22-28-36-44-58(8)10-2)82-65(70)48-40-32-20-16-15-17-25-33-41-55(3)4/h55-61,66H,9-54H2,1-8H3,(H,71,72)(H,73,74)/t57?,58?,59-,60-,61-/m1/s1. The number of aliphatic hydroxyl groups excluding tert-OH is 1. The van der Waals surface area contributed by atoms with E-state index in [1.165, 1.54) is 103 Å². The summed E-state index contributed by atoms with van der Waals surface area (Å²) in [5.41, 5.74) is 0. The van der Waals surface area contributed by atoms with Gasteiger partial charge < -0.3 is 33.8 Å². The van der Waals surface area contributed by atoms with Crippen LogP contribution in [0.2, 0.25) is 0 Å². The molecule has 0 aromatic rings. The molecule has 0 amide bonds. The Balaban J connectivity index is 5.25. The minimum absolute atomic E-state index is 0.103. The van der Waals surface area contributed by atoms with Crippen molar-refractivity contribution >= 4 is 39.5 Å². The number of unbranched alkanes of at least 4 members (excludes halogenated alkanes) is 26. The molecule has 0 spiro atoms. The van der Waals surface area contributed by atoms with E-state index >= 15 is 0 Å². The van der Waals surface area contributed by atoms with Gasteiger partial charge in [0, 0.05) is 25.7 Å². The van der Waals surface area contributed by atoms with E-state index in [1.54, 1.807) is 0 Å². The average molecular weight is 1240 g/mol. The lowest BCUT2D eigenvalue weighted by molar-refractivity contribution is -0.161. The van der Waals surface area contributed by atoms with E-state index in [0.29, 0.717) is 31.6 Å². The predicted molar refractivity (Wildman–Crippen MR) is 335 cm³/mol. The van der Waals surface area contributed by atoms with Crippen LogP contribution in [0.1, 0.15) is 312 Å². The molecule has 0 aliphatic carbocycles. The van der Waals surface area contributed by atoms with E-state index in [2.05, 4.69) is 55.4 Å². The smallest absolute Gasteiger partial charge is 0.462 e. The normalized spacial score (nSPS) is 15.1. The van der Waals surface area contributed by atoms with Crippen molar-refractivity contribution in [3.8, 4) is 0 Å². The van der Waals surface area contributed by atoms with Crippen molar-refractivity contribution < 1.29 is 80.2 Å². The van der Waals surface area contributed by atoms with Gasteiger partial charge in [-0.3, -0.25) is 37.3 Å². The second-order valence-electron chi connectivity index (χ2n) is 24.9. The third kappa shape index (κ3) is 56.6. The number of hydrogen-bond acceptors (Lipinski definition) is 15. The highest BCUT2D eigenvalue weighted by Gasteiger charge is 2.30. The van der Waals surface area contributed by atoms with Crippen LogP contribution in [-0.2, 0) is 65.4 Å². The largest absolute Gasteiger partial charge is 0.472 e. The number of carbonyl (C=O) groups excluding carboxylic acids is 4. The lowest BCUT2D eigenvalue weighted by Crippen LogP contribution is -2.30. The summed E-state index contributed by atoms with van der Waals surface area (Å²) in [4.78, 5) is 72.2. The van der Waals surface area contributed by atoms with Crippen molar-refractivity contribution in [1.82, 2.24) is 0 Å². The van der Waals surface area contributed by atoms with Crippen LogP contribution in [0, 0.1) is 23.7 Å². The van der Waals surface area contributed by atoms with Crippen molar-refractivity contribution in [2.24, 2.45) is 23.7 Å². The van der Waals surface area contributed by atoms with Crippen molar-refractivity contribution in [1.29, 1.82) is 0 Å². The van der Waals surface area contributed by atoms with Crippen LogP contribution >= 0.6 is 15.6 Å². The van der Waals surface area contributed by atoms with E-state index in [9.17, 15) is 43.2 Å². The Morgan fingerprint density at radius 2 is 0.571 bits per heavy atom. The predicted octanol–water partition coefficient (Wildman–Crippen LogP) is 17.8. The van der Waals surface area contributed by atoms with Gasteiger partial charge in [-0.05, 0) is 49.4 Å². The molecule has 7 atom stereocenters. The third-order valence-corrected chi connectivity index (χ3v) is 17.4. The molecule has 0 aromatic carbocycles. The molecule has 84 heavy (non-hydrogen) atoms. The molecule has 498 valence electrons. The second-order valence-corrected chi connectivity index (χ2v) is 27.8. The van der Waals surface area contributed by atoms with Crippen molar-refractivity contribution in [2.75, 3.05) is 39.6 Å². The Bertz CT molecular complexity index is 1680. The van der Waals surface area contributed by atoms with Crippen LogP contribution in [0.3, 0.4) is 0 Å². The number of carbonyl (C=O) groups is 4. The molecule has 0 saturated heterocycles. The van der Waals surface area contributed by atoms with Gasteiger partial charge in [0.2, 0.25) is 0 Å². The van der Waals surface area contributed by atoms with Gasteiger partial charge in [-0.1, -0.05) is 261 Å². The van der Waals surface area contributed by atoms with Gasteiger partial charge in [0.1, 0.15) is 19.3 Å². The lowest BCUT2D eigenvalue weighted by atomic mass is 9.99. The summed E-state index contributed by atoms with van der Waals surface area (Å²) in [5.74, 6) is 0.791. The molecule has 0 saturated carbocycles. The highest BCUT2D eigenvalue weighted by Crippen LogP contribution is 2.45. The van der Waals surface area contributed by atoms with Gasteiger partial charge in [0.05, 0.1) is 26.4 Å². The maximum absolute atomic E-state index is 13.0. The zero-order valence-electron chi connectivity index (χ0n) is 54.5. The molecule has 0 heterocycles. The van der Waals surface area contributed by atoms with E-state index in [0.717, 1.165) is 120 Å². The SMILES string of the molecule is CCC(C)CCCCCCCCCCCCC(=O)O[C@H](COC(=O)CCCCCCCCC(C)C)COP(=O)(O)OC[C@@H](O)COP(=O)(O)OC[C@@H](COC(=O)CCCCCCCCC(C)CC)OC(=O)CCCCCCCCCCC(C)C. The fourth-order valence-electron chi connectivity index (χ4n) is 9.54. The Morgan fingerprint density at radius 1 is 0.333 bits per heavy atom. The average Bonchev–Trinajstić information content (AvgIpc) is 3.60. The summed E-state index contributed by atoms with van der Waals surface area (Å²) in [5, 5.41) is 10.5. The highest BCUT2D eigenvalue weighted by atomic mass is 31.2. The van der Waals surface area contributed by atoms with E-state index < -0.39 is 97.5 Å². The number of esters is 4. The number of phosphoric acid groups is 2. The van der Waals surface area contributed by atoms with Crippen LogP contribution in [0.25, 0.3) is 0 Å². The first-order chi connectivity index (χ1) is 40.2. The first kappa shape index (κ1) is 82.1. The number of aliphatic hydroxyl groups is 1. The first-order valence-electron chi connectivity index (χ1n) is 33.8. The van der Waals surface area contributed by atoms with Crippen molar-refractivity contribution in [3.05, 3.63) is 0 Å². The van der Waals surface area contributed by atoms with Crippen LogP contribution in [0.5, 0.6) is 0 Å². The summed E-state index contributed by atoms with van der Waals surface area (Å²) >= 11 is 0. The van der Waals surface area contributed by atoms with Gasteiger partial charge in [0.15, 0.2) is 12.2 Å². The first-order valence-corrected chi connectivity index (χ1v) is 36.8. The van der Waals surface area contributed by atoms with E-state index in [-0.39, 0.29) is 25.7 Å². The molecule has 0 aliphatic heterocycles. The molecular formula is C65H126O17P2. The molecule has 0 aliphatic rings. The van der Waals surface area contributed by atoms with E-state index in [4.69, 9.17) is 37.0 Å². The Morgan fingerprint density at radius 3 is 0.845 bits per heavy atom. The molecule has 0 fully saturated rings. The number of ether oxygens (including phenoxy) is 4. The lowest BCUT2D eigenvalue weighted by Gasteiger charge is -2.21. The summed E-state index contributed by atoms with van der Waals surface area (Å²) in [6.45, 7) is 14.0. The monoisotopic (exact) mass is 1240 g/mol. The fraction of sp³-hybridized carbons (Fsp3) is 0.938. The van der Waals surface area contributed by atoms with Crippen LogP contribution in [0.4, 0.5) is 0 Å². The van der Waals surface area contributed by atoms with Crippen LogP contribution in [-0.4, -0.2) is 96.7 Å². The minimum atomic E-state index is -4.95. The molecule has 4 unspecified atom stereocenters. The molecule has 0 bridgehead atoms. The molecular weight excluding hydrogens is 1110 g/mol. The molecule has 3 N–H and O–H groups in total. The number of hydrogen-bond donors (Lipinski definition) is 3. The van der Waals surface area contributed by atoms with Gasteiger partial charge in [-0.2, -0.15) is 0 Å². The number of phosphoric ester groups is 2. The van der Waals surface area contributed by atoms with Gasteiger partial charge in [0.25, 0.3) is 0 Å². The van der Waals surface area contributed by atoms with Gasteiger partial charge >= 0.3 is 39.5 Å². The highest BCUT2D eigenvalue weighted by molar-refractivity contribution is 7.47. The summed E-state index contributed by atoms with van der Waals surface area (Å²) in [6.07, 6.45) is 35.0. The maximum Gasteiger partial charge on any atom is 0.472 e. The summed E-state index contributed by atoms with van der Waals surface area (Å²) in [7, 11) is -9.89. The van der Waals surface area contributed by atoms with Crippen LogP contribution < -0.4 is 0 Å². The fourth-order valence-corrected chi connectivity index (χ4v) is 11.1. The molecule has 17 nitrogen and oxygen atoms in total. The van der Waals surface area contributed by atoms with E-state index in [1.807, 2.05) is 0 Å². The Kier molecular flexibility index (Phi) is 53.9. The number of rotatable bonds is 62. The van der Waals surface area contributed by atoms with Crippen LogP contribution in [0.15, 0.2) is 0 Å². The van der Waals surface area contributed by atoms with Crippen molar-refractivity contribution in [2.45, 2.75) is 331 Å². The topological polar surface area (TPSA) is 237 Å². The third-order valence-electron chi connectivity index (χ3n) is 15.5. The summed E-state index contributed by atoms with van der Waals surface area (Å²) < 4.78 is 68.0. The zero-order valence-corrected chi connectivity index (χ0v) is 56.3. The van der Waals surface area contributed by atoms with Gasteiger partial charge in [-0.15, -0.1) is 0 Å². The molecule has 19 heteroatoms. The molecule has 0 aromatic heterocycles. The van der Waals surface area contributed by atoms with Crippen molar-refractivity contribution in [3.63, 3.8) is 0 Å². The molecule has 0 rings (SSSR count). The van der Waals surface area contributed by atoms with Gasteiger partial charge in [-0.25, -0.2) is 9.13 Å². The summed E-state index contributed by atoms with van der Waals surface area (Å²) in [6, 6.07) is 0. The maximum atomic E-state index is 13.0. The Labute approximate surface area is 511 Å². The Hall–Kier alpha value is -1.94. The minimum Gasteiger partial charge on any atom is -0.462 e. The quantitative estimate of drug-likeness (QED) is 0.0222. The zero-order chi connectivity index (χ0) is 62.5. The molecule has 0 radical (unpaired) electrons.